The molecule has 11 nitrogen and oxygen atoms in total. The summed E-state index contributed by atoms with van der Waals surface area (Å²) in [6, 6.07) is 13.1. The van der Waals surface area contributed by atoms with Gasteiger partial charge in [0.25, 0.3) is 11.2 Å². The van der Waals surface area contributed by atoms with Crippen LogP contribution in [0.1, 0.15) is 173 Å². The van der Waals surface area contributed by atoms with Crippen LogP contribution in [0, 0.1) is 0 Å². The quantitative estimate of drug-likeness (QED) is 0.0294. The van der Waals surface area contributed by atoms with Crippen molar-refractivity contribution in [3.63, 3.8) is 0 Å². The summed E-state index contributed by atoms with van der Waals surface area (Å²) in [5, 5.41) is 0. The highest BCUT2D eigenvalue weighted by molar-refractivity contribution is 5.91. The minimum atomic E-state index is -5.19. The molecule has 2 fully saturated rings. The third-order valence-corrected chi connectivity index (χ3v) is 14.5. The Balaban J connectivity index is 1.19. The molecular weight excluding hydrogens is 963 g/mol. The molecule has 3 aliphatic heterocycles. The Bertz CT molecular complexity index is 1980. The van der Waals surface area contributed by atoms with Gasteiger partial charge in [-0.25, -0.2) is 14.4 Å². The number of unbranched alkanes of at least 4 members (excludes halogenated alkanes) is 13. The molecule has 9 atom stereocenters. The normalized spacial score (nSPS) is 22.8. The van der Waals surface area contributed by atoms with Gasteiger partial charge in [-0.05, 0) is 64.4 Å². The predicted octanol–water partition coefficient (Wildman–Crippen LogP) is 13.4. The molecule has 17 heteroatoms. The first-order valence-electron chi connectivity index (χ1n) is 26.6. The zero-order chi connectivity index (χ0) is 52.9. The largest absolute Gasteiger partial charge is 0.459 e. The van der Waals surface area contributed by atoms with Crippen LogP contribution in [0.15, 0.2) is 72.3 Å². The lowest BCUT2D eigenvalue weighted by atomic mass is 9.92. The Labute approximate surface area is 427 Å². The van der Waals surface area contributed by atoms with E-state index >= 15 is 13.2 Å². The number of alkyl halides is 6. The second-order valence-electron chi connectivity index (χ2n) is 19.8. The van der Waals surface area contributed by atoms with Crippen LogP contribution in [-0.4, -0.2) is 94.0 Å². The highest BCUT2D eigenvalue weighted by Crippen LogP contribution is 2.45. The molecule has 0 aromatic heterocycles. The highest BCUT2D eigenvalue weighted by atomic mass is 19.4. The summed E-state index contributed by atoms with van der Waals surface area (Å²) in [7, 11) is 1.61. The van der Waals surface area contributed by atoms with Crippen molar-refractivity contribution in [1.29, 1.82) is 0 Å². The fraction of sp³-hybridized carbons (Fsp3) is 0.696. The number of halogens is 6. The lowest BCUT2D eigenvalue weighted by Crippen LogP contribution is -2.53. The first kappa shape index (κ1) is 59.8. The maximum Gasteiger partial charge on any atom is 0.432 e. The number of ether oxygens (including phenoxy) is 8. The predicted molar refractivity (Wildman–Crippen MR) is 261 cm³/mol. The molecule has 73 heavy (non-hydrogen) atoms. The lowest BCUT2D eigenvalue weighted by Gasteiger charge is -2.35. The van der Waals surface area contributed by atoms with E-state index in [1.165, 1.54) is 106 Å². The number of rotatable bonds is 33. The third kappa shape index (κ3) is 16.5. The molecule has 2 saturated heterocycles. The standard InChI is InChI=1S/C56H78F6O11/c1-5-6-7-8-9-10-11-12-13-14-15-25-32-46-47(69-39-68-46)35-36-49(73-52(65)54(67-4,56(60,61)62)43-28-21-17-22-29-43)48-34-33-44(71-48)30-23-18-24-31-45(38-41-37-40(2)70-50(41)63)72-51(64)53(66-3,55(57,58)59)42-26-19-16-20-27-42/h16-17,19-22,26-29,37,40,44-49H,5-15,18,23-25,30-36,38-39H2,1-4H3/t40-,44+,45+,46+,47+,48-,49-,53-,54-/m0/s1. The summed E-state index contributed by atoms with van der Waals surface area (Å²) in [5.41, 5.74) is -7.51. The Morgan fingerprint density at radius 3 is 1.63 bits per heavy atom. The molecule has 410 valence electrons. The molecule has 3 heterocycles. The van der Waals surface area contributed by atoms with Gasteiger partial charge in [-0.15, -0.1) is 0 Å². The Morgan fingerprint density at radius 1 is 0.630 bits per heavy atom. The van der Waals surface area contributed by atoms with E-state index in [0.717, 1.165) is 52.0 Å². The van der Waals surface area contributed by atoms with Crippen molar-refractivity contribution >= 4 is 17.9 Å². The zero-order valence-corrected chi connectivity index (χ0v) is 43.1. The van der Waals surface area contributed by atoms with Gasteiger partial charge in [0.1, 0.15) is 25.1 Å². The van der Waals surface area contributed by atoms with E-state index in [1.807, 2.05) is 0 Å². The second-order valence-corrected chi connectivity index (χ2v) is 19.8. The van der Waals surface area contributed by atoms with Crippen molar-refractivity contribution in [2.24, 2.45) is 0 Å². The van der Waals surface area contributed by atoms with Crippen molar-refractivity contribution in [3.8, 4) is 0 Å². The summed E-state index contributed by atoms with van der Waals surface area (Å²) in [5.74, 6) is -3.91. The van der Waals surface area contributed by atoms with E-state index < -0.39 is 77.0 Å². The van der Waals surface area contributed by atoms with E-state index in [9.17, 15) is 27.6 Å². The van der Waals surface area contributed by atoms with Crippen LogP contribution in [0.5, 0.6) is 0 Å². The molecule has 0 aliphatic carbocycles. The number of esters is 3. The number of carbonyl (C=O) groups excluding carboxylic acids is 3. The van der Waals surface area contributed by atoms with Crippen molar-refractivity contribution < 1.29 is 78.6 Å². The minimum absolute atomic E-state index is 0.0941. The van der Waals surface area contributed by atoms with Crippen LogP contribution in [0.4, 0.5) is 26.3 Å². The SMILES string of the molecule is CCCCCCCCCCCCCC[C@H]1OCO[C@@H]1CC[C@H](OC(=O)[C@@](OC)(c1ccccc1)C(F)(F)F)[C@@H]1CC[C@@H](CCCCC[C@H](CC2=C[C@H](C)OC2=O)OC(=O)[C@@](OC)(c2ccccc2)C(F)(F)F)O1. The molecule has 2 aromatic carbocycles. The third-order valence-electron chi connectivity index (χ3n) is 14.5. The van der Waals surface area contributed by atoms with Gasteiger partial charge in [0, 0.05) is 37.3 Å². The molecular formula is C56H78F6O11. The van der Waals surface area contributed by atoms with Crippen LogP contribution in [-0.2, 0) is 63.5 Å². The molecule has 0 radical (unpaired) electrons. The van der Waals surface area contributed by atoms with Crippen molar-refractivity contribution in [3.05, 3.63) is 83.4 Å². The summed E-state index contributed by atoms with van der Waals surface area (Å²) in [6.45, 7) is 3.96. The summed E-state index contributed by atoms with van der Waals surface area (Å²) in [6.07, 6.45) is 5.50. The van der Waals surface area contributed by atoms with Crippen molar-refractivity contribution in [2.75, 3.05) is 21.0 Å². The summed E-state index contributed by atoms with van der Waals surface area (Å²) >= 11 is 0. The van der Waals surface area contributed by atoms with Gasteiger partial charge < -0.3 is 37.9 Å². The molecule has 0 bridgehead atoms. The fourth-order valence-corrected chi connectivity index (χ4v) is 10.4. The van der Waals surface area contributed by atoms with Crippen LogP contribution in [0.3, 0.4) is 0 Å². The summed E-state index contributed by atoms with van der Waals surface area (Å²) in [4.78, 5) is 40.2. The van der Waals surface area contributed by atoms with Crippen molar-refractivity contribution in [2.45, 2.75) is 228 Å². The average Bonchev–Trinajstić information content (AvgIpc) is 4.10. The first-order chi connectivity index (χ1) is 35.0. The molecule has 3 aliphatic rings. The molecule has 2 aromatic rings. The van der Waals surface area contributed by atoms with Crippen LogP contribution in [0.25, 0.3) is 0 Å². The Morgan fingerprint density at radius 2 is 1.12 bits per heavy atom. The fourth-order valence-electron chi connectivity index (χ4n) is 10.4. The Kier molecular flexibility index (Phi) is 24.0. The first-order valence-corrected chi connectivity index (χ1v) is 26.6. The minimum Gasteiger partial charge on any atom is -0.459 e. The molecule has 0 saturated carbocycles. The number of carbonyl (C=O) groups is 3. The maximum atomic E-state index is 15.0. The van der Waals surface area contributed by atoms with Gasteiger partial charge >= 0.3 is 30.3 Å². The number of cyclic esters (lactones) is 1. The zero-order valence-electron chi connectivity index (χ0n) is 43.1. The molecule has 0 amide bonds. The van der Waals surface area contributed by atoms with E-state index in [-0.39, 0.29) is 49.9 Å². The highest BCUT2D eigenvalue weighted by Gasteiger charge is 2.65. The number of hydrogen-bond donors (Lipinski definition) is 0. The molecule has 0 spiro atoms. The van der Waals surface area contributed by atoms with Gasteiger partial charge in [0.15, 0.2) is 0 Å². The number of methoxy groups -OCH3 is 2. The van der Waals surface area contributed by atoms with Gasteiger partial charge in [0.05, 0.1) is 24.4 Å². The second kappa shape index (κ2) is 29.3. The monoisotopic (exact) mass is 1040 g/mol. The molecule has 0 N–H and O–H groups in total. The number of hydrogen-bond acceptors (Lipinski definition) is 11. The summed E-state index contributed by atoms with van der Waals surface area (Å²) < 4.78 is 134. The van der Waals surface area contributed by atoms with Crippen LogP contribution >= 0.6 is 0 Å². The van der Waals surface area contributed by atoms with E-state index in [2.05, 4.69) is 6.92 Å². The van der Waals surface area contributed by atoms with E-state index in [0.29, 0.717) is 44.9 Å². The van der Waals surface area contributed by atoms with Gasteiger partial charge in [-0.3, -0.25) is 0 Å². The van der Waals surface area contributed by atoms with Crippen LogP contribution in [0.2, 0.25) is 0 Å². The van der Waals surface area contributed by atoms with Crippen molar-refractivity contribution in [1.82, 2.24) is 0 Å². The Hall–Kier alpha value is -4.03. The van der Waals surface area contributed by atoms with Gasteiger partial charge in [0.2, 0.25) is 0 Å². The topological polar surface area (TPSA) is 125 Å². The smallest absolute Gasteiger partial charge is 0.432 e. The van der Waals surface area contributed by atoms with Gasteiger partial charge in [-0.2, -0.15) is 26.3 Å². The molecule has 5 rings (SSSR count). The number of benzene rings is 2. The van der Waals surface area contributed by atoms with Crippen LogP contribution < -0.4 is 0 Å². The van der Waals surface area contributed by atoms with Gasteiger partial charge in [-0.1, -0.05) is 157 Å². The maximum absolute atomic E-state index is 15.0. The van der Waals surface area contributed by atoms with E-state index in [1.54, 1.807) is 13.0 Å². The lowest BCUT2D eigenvalue weighted by molar-refractivity contribution is -0.280. The molecule has 0 unspecified atom stereocenters. The average molecular weight is 1040 g/mol. The van der Waals surface area contributed by atoms with E-state index in [4.69, 9.17) is 37.9 Å².